The van der Waals surface area contributed by atoms with Crippen molar-refractivity contribution in [2.24, 2.45) is 0 Å². The number of likely N-dealkylation sites (tertiary alicyclic amines) is 1. The predicted molar refractivity (Wildman–Crippen MR) is 101 cm³/mol. The van der Waals surface area contributed by atoms with Crippen LogP contribution in [0.3, 0.4) is 0 Å². The van der Waals surface area contributed by atoms with Gasteiger partial charge in [0.25, 0.3) is 11.8 Å². The van der Waals surface area contributed by atoms with E-state index >= 15 is 0 Å². The first-order chi connectivity index (χ1) is 12.0. The van der Waals surface area contributed by atoms with Gasteiger partial charge in [0, 0.05) is 31.0 Å². The van der Waals surface area contributed by atoms with Crippen LogP contribution in [0, 0.1) is 0 Å². The first-order valence-corrected chi connectivity index (χ1v) is 9.99. The largest absolute Gasteiger partial charge is 0.497 e. The number of carbonyl (C=O) groups is 2. The summed E-state index contributed by atoms with van der Waals surface area (Å²) in [6, 6.07) is 7.23. The number of hydrogen-bond donors (Lipinski definition) is 0. The molecule has 2 heterocycles. The zero-order chi connectivity index (χ0) is 18.0. The molecule has 1 spiro atoms. The van der Waals surface area contributed by atoms with Crippen molar-refractivity contribution in [2.45, 2.75) is 22.5 Å². The molecule has 0 bridgehead atoms. The molecule has 2 amide bonds. The summed E-state index contributed by atoms with van der Waals surface area (Å²) >= 11 is 13.2. The monoisotopic (exact) mass is 402 g/mol. The molecule has 5 nitrogen and oxygen atoms in total. The lowest BCUT2D eigenvalue weighted by Crippen LogP contribution is -2.54. The Morgan fingerprint density at radius 3 is 2.60 bits per heavy atom. The van der Waals surface area contributed by atoms with Gasteiger partial charge in [0.1, 0.15) is 5.75 Å². The molecular weight excluding hydrogens is 383 g/mol. The van der Waals surface area contributed by atoms with Crippen LogP contribution < -0.4 is 4.74 Å². The maximum Gasteiger partial charge on any atom is 0.255 e. The number of alkyl halides is 2. The summed E-state index contributed by atoms with van der Waals surface area (Å²) in [5, 5.41) is 0. The number of nitrogens with zero attached hydrogens (tertiary/aromatic N) is 2. The van der Waals surface area contributed by atoms with Crippen molar-refractivity contribution in [3.8, 4) is 5.75 Å². The molecule has 0 aliphatic carbocycles. The minimum Gasteiger partial charge on any atom is -0.497 e. The molecule has 25 heavy (non-hydrogen) atoms. The molecule has 0 N–H and O–H groups in total. The standard InChI is InChI=1S/C17H20Cl2N2O3S/c1-24-13-4-2-3-12(11-13)15(22)21-9-10-25-17(21)5-7-20(8-6-17)16(23)14(18)19/h2-4,11,14H,5-10H2,1H3. The van der Waals surface area contributed by atoms with Gasteiger partial charge in [-0.3, -0.25) is 9.59 Å². The van der Waals surface area contributed by atoms with Crippen molar-refractivity contribution >= 4 is 46.8 Å². The molecular formula is C17H20Cl2N2O3S. The molecule has 136 valence electrons. The van der Waals surface area contributed by atoms with Crippen molar-refractivity contribution in [3.05, 3.63) is 29.8 Å². The van der Waals surface area contributed by atoms with E-state index < -0.39 is 4.84 Å². The number of halogens is 2. The van der Waals surface area contributed by atoms with E-state index in [0.717, 1.165) is 18.6 Å². The number of piperidine rings is 1. The zero-order valence-electron chi connectivity index (χ0n) is 13.9. The number of methoxy groups -OCH3 is 1. The Bertz CT molecular complexity index is 663. The van der Waals surface area contributed by atoms with Crippen LogP contribution in [0.1, 0.15) is 23.2 Å². The zero-order valence-corrected chi connectivity index (χ0v) is 16.2. The third-order valence-electron chi connectivity index (χ3n) is 4.78. The van der Waals surface area contributed by atoms with Crippen molar-refractivity contribution < 1.29 is 14.3 Å². The maximum absolute atomic E-state index is 13.0. The number of hydrogen-bond acceptors (Lipinski definition) is 4. The van der Waals surface area contributed by atoms with Crippen LogP contribution in [0.25, 0.3) is 0 Å². The topological polar surface area (TPSA) is 49.9 Å². The van der Waals surface area contributed by atoms with E-state index in [-0.39, 0.29) is 16.7 Å². The van der Waals surface area contributed by atoms with E-state index in [0.29, 0.717) is 30.9 Å². The SMILES string of the molecule is COc1cccc(C(=O)N2CCSC23CCN(C(=O)C(Cl)Cl)CC3)c1. The average Bonchev–Trinajstić information content (AvgIpc) is 3.04. The molecule has 0 aromatic heterocycles. The number of thioether (sulfide) groups is 1. The summed E-state index contributed by atoms with van der Waals surface area (Å²) in [7, 11) is 1.59. The van der Waals surface area contributed by atoms with E-state index in [4.69, 9.17) is 27.9 Å². The fourth-order valence-electron chi connectivity index (χ4n) is 3.44. The lowest BCUT2D eigenvalue weighted by atomic mass is 10.0. The summed E-state index contributed by atoms with van der Waals surface area (Å²) in [6.45, 7) is 1.83. The third kappa shape index (κ3) is 3.71. The number of ether oxygens (including phenoxy) is 1. The Morgan fingerprint density at radius 2 is 1.96 bits per heavy atom. The van der Waals surface area contributed by atoms with E-state index in [2.05, 4.69) is 0 Å². The van der Waals surface area contributed by atoms with Crippen LogP contribution in [0.4, 0.5) is 0 Å². The maximum atomic E-state index is 13.0. The molecule has 0 saturated carbocycles. The van der Waals surface area contributed by atoms with Crippen molar-refractivity contribution in [1.29, 1.82) is 0 Å². The molecule has 1 aromatic rings. The second-order valence-electron chi connectivity index (χ2n) is 6.11. The number of benzene rings is 1. The second-order valence-corrected chi connectivity index (χ2v) is 8.66. The predicted octanol–water partition coefficient (Wildman–Crippen LogP) is 3.01. The van der Waals surface area contributed by atoms with Crippen molar-refractivity contribution in [1.82, 2.24) is 9.80 Å². The minimum absolute atomic E-state index is 0.0104. The highest BCUT2D eigenvalue weighted by Crippen LogP contribution is 2.44. The van der Waals surface area contributed by atoms with Gasteiger partial charge in [-0.25, -0.2) is 0 Å². The Kier molecular flexibility index (Phi) is 5.71. The average molecular weight is 403 g/mol. The molecule has 0 unspecified atom stereocenters. The summed E-state index contributed by atoms with van der Waals surface area (Å²) in [6.07, 6.45) is 1.44. The van der Waals surface area contributed by atoms with E-state index in [1.54, 1.807) is 29.8 Å². The first kappa shape index (κ1) is 18.7. The fraction of sp³-hybridized carbons (Fsp3) is 0.529. The van der Waals surface area contributed by atoms with Crippen LogP contribution in [-0.4, -0.2) is 63.8 Å². The van der Waals surface area contributed by atoms with Gasteiger partial charge >= 0.3 is 0 Å². The van der Waals surface area contributed by atoms with E-state index in [1.165, 1.54) is 0 Å². The van der Waals surface area contributed by atoms with Crippen LogP contribution in [0.2, 0.25) is 0 Å². The van der Waals surface area contributed by atoms with Crippen LogP contribution in [-0.2, 0) is 4.79 Å². The number of rotatable bonds is 3. The lowest BCUT2D eigenvalue weighted by Gasteiger charge is -2.44. The van der Waals surface area contributed by atoms with Gasteiger partial charge in [0.2, 0.25) is 0 Å². The van der Waals surface area contributed by atoms with Crippen LogP contribution in [0.5, 0.6) is 5.75 Å². The Hall–Kier alpha value is -1.11. The van der Waals surface area contributed by atoms with Crippen LogP contribution in [0.15, 0.2) is 24.3 Å². The lowest BCUT2D eigenvalue weighted by molar-refractivity contribution is -0.130. The van der Waals surface area contributed by atoms with Gasteiger partial charge in [-0.2, -0.15) is 0 Å². The third-order valence-corrected chi connectivity index (χ3v) is 6.71. The smallest absolute Gasteiger partial charge is 0.255 e. The fourth-order valence-corrected chi connectivity index (χ4v) is 5.17. The number of amides is 2. The molecule has 8 heteroatoms. The van der Waals surface area contributed by atoms with E-state index in [9.17, 15) is 9.59 Å². The Morgan fingerprint density at radius 1 is 1.24 bits per heavy atom. The molecule has 2 aliphatic heterocycles. The highest BCUT2D eigenvalue weighted by atomic mass is 35.5. The number of carbonyl (C=O) groups excluding carboxylic acids is 2. The van der Waals surface area contributed by atoms with Gasteiger partial charge < -0.3 is 14.5 Å². The molecule has 3 rings (SSSR count). The van der Waals surface area contributed by atoms with Gasteiger partial charge in [-0.1, -0.05) is 29.3 Å². The minimum atomic E-state index is -1.03. The van der Waals surface area contributed by atoms with Crippen molar-refractivity contribution in [3.63, 3.8) is 0 Å². The quantitative estimate of drug-likeness (QED) is 0.729. The molecule has 2 fully saturated rings. The highest BCUT2D eigenvalue weighted by Gasteiger charge is 2.47. The van der Waals surface area contributed by atoms with Gasteiger partial charge in [0.05, 0.1) is 12.0 Å². The highest BCUT2D eigenvalue weighted by molar-refractivity contribution is 8.00. The van der Waals surface area contributed by atoms with Gasteiger partial charge in [-0.05, 0) is 31.0 Å². The van der Waals surface area contributed by atoms with Gasteiger partial charge in [0.15, 0.2) is 4.84 Å². The summed E-state index contributed by atoms with van der Waals surface area (Å²) in [5.41, 5.74) is 0.626. The molecule has 1 aromatic carbocycles. The molecule has 2 saturated heterocycles. The normalized spacial score (nSPS) is 19.5. The first-order valence-electron chi connectivity index (χ1n) is 8.14. The molecule has 0 radical (unpaired) electrons. The second kappa shape index (κ2) is 7.64. The molecule has 2 aliphatic rings. The summed E-state index contributed by atoms with van der Waals surface area (Å²) in [4.78, 5) is 27.4. The summed E-state index contributed by atoms with van der Waals surface area (Å²) < 4.78 is 5.22. The van der Waals surface area contributed by atoms with E-state index in [1.807, 2.05) is 23.1 Å². The van der Waals surface area contributed by atoms with Crippen molar-refractivity contribution in [2.75, 3.05) is 32.5 Å². The van der Waals surface area contributed by atoms with Gasteiger partial charge in [-0.15, -0.1) is 11.8 Å². The summed E-state index contributed by atoms with van der Waals surface area (Å²) in [5.74, 6) is 1.32. The molecule has 0 atom stereocenters. The van der Waals surface area contributed by atoms with Crippen LogP contribution >= 0.6 is 35.0 Å². The Labute approximate surface area is 161 Å². The Balaban J connectivity index is 1.74.